The minimum Gasteiger partial charge on any atom is -0.384 e. The van der Waals surface area contributed by atoms with E-state index in [1.807, 2.05) is 6.07 Å². The lowest BCUT2D eigenvalue weighted by molar-refractivity contribution is 0.233. The minimum atomic E-state index is -3.40. The predicted molar refractivity (Wildman–Crippen MR) is 84.1 cm³/mol. The fourth-order valence-corrected chi connectivity index (χ4v) is 4.09. The SMILES string of the molecule is O=S(=O)(NCCN1CCCCC1)c1ccc2c(c1)NCC2. The first-order chi connectivity index (χ1) is 10.1. The summed E-state index contributed by atoms with van der Waals surface area (Å²) in [5.41, 5.74) is 2.15. The van der Waals surface area contributed by atoms with Crippen LogP contribution in [0.4, 0.5) is 5.69 Å². The van der Waals surface area contributed by atoms with E-state index < -0.39 is 10.0 Å². The number of hydrogen-bond donors (Lipinski definition) is 2. The summed E-state index contributed by atoms with van der Waals surface area (Å²) in [4.78, 5) is 2.69. The number of fused-ring (bicyclic) bond motifs is 1. The van der Waals surface area contributed by atoms with E-state index in [0.717, 1.165) is 38.3 Å². The molecule has 0 unspecified atom stereocenters. The van der Waals surface area contributed by atoms with Gasteiger partial charge in [0.1, 0.15) is 0 Å². The summed E-state index contributed by atoms with van der Waals surface area (Å²) >= 11 is 0. The van der Waals surface area contributed by atoms with E-state index in [1.54, 1.807) is 12.1 Å². The van der Waals surface area contributed by atoms with Crippen LogP contribution in [0.25, 0.3) is 0 Å². The summed E-state index contributed by atoms with van der Waals surface area (Å²) in [5.74, 6) is 0. The van der Waals surface area contributed by atoms with Gasteiger partial charge in [-0.15, -0.1) is 0 Å². The molecule has 1 saturated heterocycles. The van der Waals surface area contributed by atoms with Gasteiger partial charge in [0, 0.05) is 25.3 Å². The summed E-state index contributed by atoms with van der Waals surface area (Å²) in [7, 11) is -3.40. The predicted octanol–water partition coefficient (Wildman–Crippen LogP) is 1.42. The Morgan fingerprint density at radius 2 is 2.00 bits per heavy atom. The molecular formula is C15H23N3O2S. The van der Waals surface area contributed by atoms with E-state index in [0.29, 0.717) is 11.4 Å². The summed E-state index contributed by atoms with van der Waals surface area (Å²) in [5, 5.41) is 3.22. The molecule has 5 nitrogen and oxygen atoms in total. The van der Waals surface area contributed by atoms with Crippen molar-refractivity contribution in [2.75, 3.05) is 38.0 Å². The Bertz CT molecular complexity index is 595. The maximum atomic E-state index is 12.3. The van der Waals surface area contributed by atoms with Crippen LogP contribution in [0, 0.1) is 0 Å². The van der Waals surface area contributed by atoms with Crippen molar-refractivity contribution in [2.24, 2.45) is 0 Å². The van der Waals surface area contributed by atoms with E-state index in [2.05, 4.69) is 14.9 Å². The molecule has 3 rings (SSSR count). The van der Waals surface area contributed by atoms with Crippen LogP contribution in [0.1, 0.15) is 24.8 Å². The van der Waals surface area contributed by atoms with Gasteiger partial charge in [0.25, 0.3) is 0 Å². The lowest BCUT2D eigenvalue weighted by Crippen LogP contribution is -2.37. The number of piperidine rings is 1. The zero-order valence-corrected chi connectivity index (χ0v) is 13.1. The van der Waals surface area contributed by atoms with Crippen molar-refractivity contribution in [3.8, 4) is 0 Å². The molecule has 2 aliphatic heterocycles. The highest BCUT2D eigenvalue weighted by Crippen LogP contribution is 2.25. The molecule has 2 heterocycles. The summed E-state index contributed by atoms with van der Waals surface area (Å²) in [6.45, 7) is 4.34. The monoisotopic (exact) mass is 309 g/mol. The number of benzene rings is 1. The van der Waals surface area contributed by atoms with Gasteiger partial charge in [0.15, 0.2) is 0 Å². The third-order valence-electron chi connectivity index (χ3n) is 4.27. The molecule has 0 aromatic heterocycles. The lowest BCUT2D eigenvalue weighted by atomic mass is 10.1. The fraction of sp³-hybridized carbons (Fsp3) is 0.600. The molecule has 1 fully saturated rings. The van der Waals surface area contributed by atoms with Crippen LogP contribution in [0.5, 0.6) is 0 Å². The van der Waals surface area contributed by atoms with Crippen molar-refractivity contribution >= 4 is 15.7 Å². The highest BCUT2D eigenvalue weighted by molar-refractivity contribution is 7.89. The Morgan fingerprint density at radius 3 is 2.81 bits per heavy atom. The lowest BCUT2D eigenvalue weighted by Gasteiger charge is -2.26. The minimum absolute atomic E-state index is 0.356. The highest BCUT2D eigenvalue weighted by atomic mass is 32.2. The van der Waals surface area contributed by atoms with E-state index >= 15 is 0 Å². The van der Waals surface area contributed by atoms with Crippen LogP contribution >= 0.6 is 0 Å². The first-order valence-corrected chi connectivity index (χ1v) is 9.22. The number of sulfonamides is 1. The van der Waals surface area contributed by atoms with Gasteiger partial charge in [-0.25, -0.2) is 13.1 Å². The molecule has 0 spiro atoms. The second-order valence-electron chi connectivity index (χ2n) is 5.80. The quantitative estimate of drug-likeness (QED) is 0.863. The fourth-order valence-electron chi connectivity index (χ4n) is 3.04. The third-order valence-corrected chi connectivity index (χ3v) is 5.73. The van der Waals surface area contributed by atoms with Crippen molar-refractivity contribution in [1.82, 2.24) is 9.62 Å². The maximum absolute atomic E-state index is 12.3. The average Bonchev–Trinajstić information content (AvgIpc) is 2.95. The van der Waals surface area contributed by atoms with Gasteiger partial charge >= 0.3 is 0 Å². The van der Waals surface area contributed by atoms with Gasteiger partial charge in [-0.2, -0.15) is 0 Å². The Kier molecular flexibility index (Phi) is 4.47. The van der Waals surface area contributed by atoms with Gasteiger partial charge in [-0.05, 0) is 50.0 Å². The zero-order chi connectivity index (χ0) is 14.7. The Labute approximate surface area is 126 Å². The summed E-state index contributed by atoms with van der Waals surface area (Å²) in [6.07, 6.45) is 4.72. The van der Waals surface area contributed by atoms with Crippen molar-refractivity contribution in [3.05, 3.63) is 23.8 Å². The van der Waals surface area contributed by atoms with Crippen LogP contribution in [-0.4, -0.2) is 46.0 Å². The molecule has 0 bridgehead atoms. The molecule has 0 atom stereocenters. The van der Waals surface area contributed by atoms with Crippen LogP contribution < -0.4 is 10.0 Å². The molecule has 1 aromatic carbocycles. The van der Waals surface area contributed by atoms with Crippen molar-refractivity contribution < 1.29 is 8.42 Å². The number of rotatable bonds is 5. The second kappa shape index (κ2) is 6.34. The first-order valence-electron chi connectivity index (χ1n) is 7.74. The van der Waals surface area contributed by atoms with Crippen molar-refractivity contribution in [2.45, 2.75) is 30.6 Å². The normalized spacial score (nSPS) is 19.2. The van der Waals surface area contributed by atoms with E-state index in [9.17, 15) is 8.42 Å². The standard InChI is InChI=1S/C15H23N3O2S/c19-21(20,17-8-11-18-9-2-1-3-10-18)14-5-4-13-6-7-16-15(13)12-14/h4-5,12,16-17H,1-3,6-11H2. The number of hydrogen-bond acceptors (Lipinski definition) is 4. The summed E-state index contributed by atoms with van der Waals surface area (Å²) < 4.78 is 27.3. The molecule has 2 aliphatic rings. The largest absolute Gasteiger partial charge is 0.384 e. The first kappa shape index (κ1) is 14.8. The maximum Gasteiger partial charge on any atom is 0.240 e. The molecule has 116 valence electrons. The number of likely N-dealkylation sites (tertiary alicyclic amines) is 1. The second-order valence-corrected chi connectivity index (χ2v) is 7.56. The topological polar surface area (TPSA) is 61.4 Å². The molecule has 0 radical (unpaired) electrons. The smallest absolute Gasteiger partial charge is 0.240 e. The van der Waals surface area contributed by atoms with Gasteiger partial charge in [0.2, 0.25) is 10.0 Å². The van der Waals surface area contributed by atoms with Gasteiger partial charge in [-0.3, -0.25) is 0 Å². The van der Waals surface area contributed by atoms with Crippen molar-refractivity contribution in [1.29, 1.82) is 0 Å². The molecule has 0 saturated carbocycles. The van der Waals surface area contributed by atoms with Crippen LogP contribution in [0.15, 0.2) is 23.1 Å². The molecular weight excluding hydrogens is 286 g/mol. The van der Waals surface area contributed by atoms with Crippen LogP contribution in [-0.2, 0) is 16.4 Å². The van der Waals surface area contributed by atoms with E-state index in [4.69, 9.17) is 0 Å². The highest BCUT2D eigenvalue weighted by Gasteiger charge is 2.18. The van der Waals surface area contributed by atoms with Crippen LogP contribution in [0.3, 0.4) is 0 Å². The molecule has 0 aliphatic carbocycles. The average molecular weight is 309 g/mol. The molecule has 1 aromatic rings. The molecule has 21 heavy (non-hydrogen) atoms. The van der Waals surface area contributed by atoms with E-state index in [-0.39, 0.29) is 0 Å². The van der Waals surface area contributed by atoms with Gasteiger partial charge < -0.3 is 10.2 Å². The molecule has 6 heteroatoms. The third kappa shape index (κ3) is 3.56. The Hall–Kier alpha value is -1.11. The van der Waals surface area contributed by atoms with Gasteiger partial charge in [-0.1, -0.05) is 12.5 Å². The number of anilines is 1. The van der Waals surface area contributed by atoms with E-state index in [1.165, 1.54) is 24.8 Å². The molecule has 0 amide bonds. The number of nitrogens with one attached hydrogen (secondary N) is 2. The Morgan fingerprint density at radius 1 is 1.19 bits per heavy atom. The zero-order valence-electron chi connectivity index (χ0n) is 12.3. The molecule has 2 N–H and O–H groups in total. The number of nitrogens with zero attached hydrogens (tertiary/aromatic N) is 1. The van der Waals surface area contributed by atoms with Crippen molar-refractivity contribution in [3.63, 3.8) is 0 Å². The van der Waals surface area contributed by atoms with Gasteiger partial charge in [0.05, 0.1) is 4.90 Å². The van der Waals surface area contributed by atoms with Crippen LogP contribution in [0.2, 0.25) is 0 Å². The summed E-state index contributed by atoms with van der Waals surface area (Å²) in [6, 6.07) is 5.36. The Balaban J connectivity index is 1.58.